The zero-order chi connectivity index (χ0) is 14.8. The maximum Gasteiger partial charge on any atom is 0.262 e. The summed E-state index contributed by atoms with van der Waals surface area (Å²) in [5, 5.41) is 12.7. The Morgan fingerprint density at radius 3 is 2.85 bits per heavy atom. The number of aliphatic hydroxyl groups excluding tert-OH is 1. The minimum absolute atomic E-state index is 0.00816. The van der Waals surface area contributed by atoms with Gasteiger partial charge in [-0.2, -0.15) is 5.10 Å². The second kappa shape index (κ2) is 5.59. The van der Waals surface area contributed by atoms with E-state index in [0.29, 0.717) is 5.56 Å². The average Bonchev–Trinajstić information content (AvgIpc) is 2.75. The predicted molar refractivity (Wildman–Crippen MR) is 71.3 cm³/mol. The topological polar surface area (TPSA) is 84.2 Å². The van der Waals surface area contributed by atoms with Gasteiger partial charge in [-0.25, -0.2) is 12.8 Å². The van der Waals surface area contributed by atoms with E-state index in [-0.39, 0.29) is 23.7 Å². The molecule has 20 heavy (non-hydrogen) atoms. The van der Waals surface area contributed by atoms with Crippen molar-refractivity contribution >= 4 is 15.7 Å². The van der Waals surface area contributed by atoms with E-state index >= 15 is 0 Å². The third kappa shape index (κ3) is 3.14. The summed E-state index contributed by atoms with van der Waals surface area (Å²) in [5.74, 6) is -0.489. The van der Waals surface area contributed by atoms with E-state index in [9.17, 15) is 12.8 Å². The van der Waals surface area contributed by atoms with Crippen LogP contribution in [0.5, 0.6) is 0 Å². The van der Waals surface area contributed by atoms with Crippen LogP contribution in [0.25, 0.3) is 0 Å². The van der Waals surface area contributed by atoms with Crippen LogP contribution in [0, 0.1) is 12.7 Å². The molecule has 0 aliphatic rings. The summed E-state index contributed by atoms with van der Waals surface area (Å²) in [4.78, 5) is 0.00816. The summed E-state index contributed by atoms with van der Waals surface area (Å²) >= 11 is 0. The monoisotopic (exact) mass is 299 g/mol. The summed E-state index contributed by atoms with van der Waals surface area (Å²) in [6, 6.07) is 3.46. The molecule has 8 heteroatoms. The largest absolute Gasteiger partial charge is 0.394 e. The van der Waals surface area contributed by atoms with Crippen molar-refractivity contribution in [2.45, 2.75) is 18.4 Å². The van der Waals surface area contributed by atoms with Crippen LogP contribution in [0.3, 0.4) is 0 Å². The molecule has 0 atom stereocenters. The number of aryl methyl sites for hydroxylation is 1. The highest BCUT2D eigenvalue weighted by Crippen LogP contribution is 2.19. The quantitative estimate of drug-likeness (QED) is 0.866. The standard InChI is InChI=1S/C12H14FN3O3S/c1-9-6-10(13)2-3-12(9)20(18,19)15-11-7-14-16(8-11)4-5-17/h2-3,6-8,15,17H,4-5H2,1H3. The summed E-state index contributed by atoms with van der Waals surface area (Å²) in [5.41, 5.74) is 0.599. The van der Waals surface area contributed by atoms with Gasteiger partial charge in [-0.05, 0) is 30.7 Å². The first kappa shape index (κ1) is 14.5. The molecule has 0 fully saturated rings. The molecule has 0 aliphatic carbocycles. The normalized spacial score (nSPS) is 11.6. The molecule has 0 spiro atoms. The van der Waals surface area contributed by atoms with Crippen LogP contribution in [-0.4, -0.2) is 29.9 Å². The lowest BCUT2D eigenvalue weighted by atomic mass is 10.2. The van der Waals surface area contributed by atoms with Gasteiger partial charge in [0, 0.05) is 6.20 Å². The van der Waals surface area contributed by atoms with E-state index in [4.69, 9.17) is 5.11 Å². The molecule has 0 radical (unpaired) electrons. The molecule has 6 nitrogen and oxygen atoms in total. The van der Waals surface area contributed by atoms with E-state index in [1.807, 2.05) is 0 Å². The van der Waals surface area contributed by atoms with E-state index in [2.05, 4.69) is 9.82 Å². The Morgan fingerprint density at radius 1 is 1.45 bits per heavy atom. The number of rotatable bonds is 5. The number of nitrogens with zero attached hydrogens (tertiary/aromatic N) is 2. The van der Waals surface area contributed by atoms with Gasteiger partial charge in [-0.3, -0.25) is 9.40 Å². The molecular formula is C12H14FN3O3S. The van der Waals surface area contributed by atoms with Crippen molar-refractivity contribution in [3.63, 3.8) is 0 Å². The van der Waals surface area contributed by atoms with Crippen LogP contribution in [0.1, 0.15) is 5.56 Å². The Balaban J connectivity index is 2.26. The Labute approximate surface area is 115 Å². The van der Waals surface area contributed by atoms with Crippen LogP contribution in [0.4, 0.5) is 10.1 Å². The Kier molecular flexibility index (Phi) is 4.05. The molecule has 0 amide bonds. The Morgan fingerprint density at radius 2 is 2.20 bits per heavy atom. The maximum atomic E-state index is 13.0. The number of aliphatic hydroxyl groups is 1. The number of benzene rings is 1. The molecule has 0 unspecified atom stereocenters. The molecule has 1 aromatic carbocycles. The number of hydrogen-bond donors (Lipinski definition) is 2. The van der Waals surface area contributed by atoms with Gasteiger partial charge < -0.3 is 5.11 Å². The first-order chi connectivity index (χ1) is 9.42. The summed E-state index contributed by atoms with van der Waals surface area (Å²) < 4.78 is 41.1. The number of nitrogens with one attached hydrogen (secondary N) is 1. The van der Waals surface area contributed by atoms with Crippen LogP contribution < -0.4 is 4.72 Å². The fourth-order valence-corrected chi connectivity index (χ4v) is 3.02. The lowest BCUT2D eigenvalue weighted by Gasteiger charge is -2.08. The van der Waals surface area contributed by atoms with Gasteiger partial charge in [-0.1, -0.05) is 0 Å². The highest BCUT2D eigenvalue weighted by Gasteiger charge is 2.18. The van der Waals surface area contributed by atoms with Crippen molar-refractivity contribution in [1.29, 1.82) is 0 Å². The minimum Gasteiger partial charge on any atom is -0.394 e. The van der Waals surface area contributed by atoms with Crippen molar-refractivity contribution in [1.82, 2.24) is 9.78 Å². The Bertz CT molecular complexity index is 712. The predicted octanol–water partition coefficient (Wildman–Crippen LogP) is 1.12. The van der Waals surface area contributed by atoms with Gasteiger partial charge in [-0.15, -0.1) is 0 Å². The van der Waals surface area contributed by atoms with Crippen LogP contribution in [-0.2, 0) is 16.6 Å². The number of aromatic nitrogens is 2. The number of hydrogen-bond acceptors (Lipinski definition) is 4. The van der Waals surface area contributed by atoms with Crippen LogP contribution >= 0.6 is 0 Å². The molecule has 1 aromatic heterocycles. The molecule has 2 N–H and O–H groups in total. The third-order valence-electron chi connectivity index (χ3n) is 2.64. The molecule has 108 valence electrons. The van der Waals surface area contributed by atoms with Crippen LogP contribution in [0.2, 0.25) is 0 Å². The molecule has 2 rings (SSSR count). The smallest absolute Gasteiger partial charge is 0.262 e. The van der Waals surface area contributed by atoms with E-state index in [1.165, 1.54) is 30.1 Å². The lowest BCUT2D eigenvalue weighted by molar-refractivity contribution is 0.269. The minimum atomic E-state index is -3.79. The first-order valence-corrected chi connectivity index (χ1v) is 7.33. The van der Waals surface area contributed by atoms with Crippen molar-refractivity contribution in [2.75, 3.05) is 11.3 Å². The molecule has 2 aromatic rings. The zero-order valence-corrected chi connectivity index (χ0v) is 11.6. The summed E-state index contributed by atoms with van der Waals surface area (Å²) in [7, 11) is -3.79. The van der Waals surface area contributed by atoms with Crippen molar-refractivity contribution in [3.05, 3.63) is 42.0 Å². The second-order valence-corrected chi connectivity index (χ2v) is 5.88. The summed E-state index contributed by atoms with van der Waals surface area (Å²) in [6.07, 6.45) is 2.80. The second-order valence-electron chi connectivity index (χ2n) is 4.23. The van der Waals surface area contributed by atoms with Gasteiger partial charge in [0.15, 0.2) is 0 Å². The van der Waals surface area contributed by atoms with Gasteiger partial charge in [0.25, 0.3) is 10.0 Å². The number of anilines is 1. The lowest BCUT2D eigenvalue weighted by Crippen LogP contribution is -2.14. The Hall–Kier alpha value is -1.93. The van der Waals surface area contributed by atoms with E-state index in [1.54, 1.807) is 0 Å². The maximum absolute atomic E-state index is 13.0. The average molecular weight is 299 g/mol. The number of halogens is 1. The fraction of sp³-hybridized carbons (Fsp3) is 0.250. The highest BCUT2D eigenvalue weighted by molar-refractivity contribution is 7.92. The highest BCUT2D eigenvalue weighted by atomic mass is 32.2. The first-order valence-electron chi connectivity index (χ1n) is 5.84. The fourth-order valence-electron chi connectivity index (χ4n) is 1.77. The third-order valence-corrected chi connectivity index (χ3v) is 4.18. The van der Waals surface area contributed by atoms with Crippen LogP contribution in [0.15, 0.2) is 35.5 Å². The van der Waals surface area contributed by atoms with Gasteiger partial charge in [0.1, 0.15) is 5.82 Å². The SMILES string of the molecule is Cc1cc(F)ccc1S(=O)(=O)Nc1cnn(CCO)c1. The van der Waals surface area contributed by atoms with E-state index in [0.717, 1.165) is 12.1 Å². The molecule has 0 aliphatic heterocycles. The molecule has 1 heterocycles. The molecule has 0 bridgehead atoms. The van der Waals surface area contributed by atoms with Crippen molar-refractivity contribution < 1.29 is 17.9 Å². The summed E-state index contributed by atoms with van der Waals surface area (Å²) in [6.45, 7) is 1.70. The van der Waals surface area contributed by atoms with Gasteiger partial charge >= 0.3 is 0 Å². The van der Waals surface area contributed by atoms with Gasteiger partial charge in [0.05, 0.1) is 29.9 Å². The van der Waals surface area contributed by atoms with Crippen molar-refractivity contribution in [3.8, 4) is 0 Å². The van der Waals surface area contributed by atoms with Gasteiger partial charge in [0.2, 0.25) is 0 Å². The number of sulfonamides is 1. The van der Waals surface area contributed by atoms with Crippen molar-refractivity contribution in [2.24, 2.45) is 0 Å². The molecular weight excluding hydrogens is 285 g/mol. The zero-order valence-electron chi connectivity index (χ0n) is 10.7. The molecule has 0 saturated heterocycles. The molecule has 0 saturated carbocycles. The van der Waals surface area contributed by atoms with E-state index < -0.39 is 15.8 Å².